The van der Waals surface area contributed by atoms with Crippen LogP contribution in [0.1, 0.15) is 24.0 Å². The Morgan fingerprint density at radius 1 is 1.44 bits per heavy atom. The molecule has 18 heavy (non-hydrogen) atoms. The summed E-state index contributed by atoms with van der Waals surface area (Å²) in [6, 6.07) is 8.71. The molecule has 1 aromatic carbocycles. The molecule has 94 valence electrons. The summed E-state index contributed by atoms with van der Waals surface area (Å²) in [5, 5.41) is 0. The van der Waals surface area contributed by atoms with Crippen LogP contribution in [0.3, 0.4) is 0 Å². The van der Waals surface area contributed by atoms with Crippen molar-refractivity contribution in [3.63, 3.8) is 0 Å². The molecule has 0 saturated carbocycles. The SMILES string of the molecule is C=CCN1C(N)=NCC12CCCc1ccccc12. The van der Waals surface area contributed by atoms with Gasteiger partial charge < -0.3 is 10.6 Å². The van der Waals surface area contributed by atoms with Crippen LogP contribution < -0.4 is 5.73 Å². The number of nitrogens with two attached hydrogens (primary N) is 1. The molecular formula is C15H19N3. The normalized spacial score (nSPS) is 26.0. The van der Waals surface area contributed by atoms with E-state index in [1.54, 1.807) is 0 Å². The summed E-state index contributed by atoms with van der Waals surface area (Å²) in [6.07, 6.45) is 5.40. The van der Waals surface area contributed by atoms with Crippen LogP contribution in [0.15, 0.2) is 41.9 Å². The van der Waals surface area contributed by atoms with Crippen LogP contribution in [-0.4, -0.2) is 23.9 Å². The summed E-state index contributed by atoms with van der Waals surface area (Å²) in [5.74, 6) is 0.659. The van der Waals surface area contributed by atoms with Crippen molar-refractivity contribution in [2.75, 3.05) is 13.1 Å². The van der Waals surface area contributed by atoms with E-state index < -0.39 is 0 Å². The quantitative estimate of drug-likeness (QED) is 0.805. The highest BCUT2D eigenvalue weighted by Crippen LogP contribution is 2.42. The minimum absolute atomic E-state index is 0.0207. The van der Waals surface area contributed by atoms with Crippen LogP contribution in [0.2, 0.25) is 0 Å². The number of aryl methyl sites for hydroxylation is 1. The van der Waals surface area contributed by atoms with Gasteiger partial charge in [0.2, 0.25) is 0 Å². The molecule has 3 nitrogen and oxygen atoms in total. The molecule has 1 unspecified atom stereocenters. The minimum Gasteiger partial charge on any atom is -0.370 e. The van der Waals surface area contributed by atoms with Gasteiger partial charge in [-0.3, -0.25) is 4.99 Å². The number of benzene rings is 1. The van der Waals surface area contributed by atoms with Gasteiger partial charge in [0.15, 0.2) is 5.96 Å². The van der Waals surface area contributed by atoms with Gasteiger partial charge in [0.05, 0.1) is 12.1 Å². The van der Waals surface area contributed by atoms with Gasteiger partial charge in [-0.05, 0) is 30.4 Å². The molecule has 1 aliphatic heterocycles. The zero-order valence-electron chi connectivity index (χ0n) is 10.6. The fourth-order valence-corrected chi connectivity index (χ4v) is 3.34. The maximum absolute atomic E-state index is 6.06. The van der Waals surface area contributed by atoms with Gasteiger partial charge in [-0.1, -0.05) is 30.3 Å². The van der Waals surface area contributed by atoms with Crippen molar-refractivity contribution in [3.8, 4) is 0 Å². The third kappa shape index (κ3) is 1.47. The molecule has 1 atom stereocenters. The molecular weight excluding hydrogens is 222 g/mol. The molecule has 0 radical (unpaired) electrons. The summed E-state index contributed by atoms with van der Waals surface area (Å²) in [5.41, 5.74) is 8.89. The van der Waals surface area contributed by atoms with Crippen LogP contribution in [-0.2, 0) is 12.0 Å². The number of hydrogen-bond acceptors (Lipinski definition) is 3. The molecule has 3 heteroatoms. The Hall–Kier alpha value is -1.77. The number of fused-ring (bicyclic) bond motifs is 2. The predicted molar refractivity (Wildman–Crippen MR) is 74.5 cm³/mol. The molecule has 2 N–H and O–H groups in total. The molecule has 3 rings (SSSR count). The van der Waals surface area contributed by atoms with E-state index in [9.17, 15) is 0 Å². The minimum atomic E-state index is -0.0207. The van der Waals surface area contributed by atoms with Gasteiger partial charge in [-0.15, -0.1) is 6.58 Å². The van der Waals surface area contributed by atoms with E-state index in [2.05, 4.69) is 40.7 Å². The first-order valence-corrected chi connectivity index (χ1v) is 6.55. The van der Waals surface area contributed by atoms with Gasteiger partial charge in [-0.25, -0.2) is 0 Å². The summed E-state index contributed by atoms with van der Waals surface area (Å²) >= 11 is 0. The molecule has 1 aliphatic carbocycles. The highest BCUT2D eigenvalue weighted by molar-refractivity contribution is 5.81. The monoisotopic (exact) mass is 241 g/mol. The van der Waals surface area contributed by atoms with E-state index >= 15 is 0 Å². The molecule has 1 aromatic rings. The smallest absolute Gasteiger partial charge is 0.192 e. The summed E-state index contributed by atoms with van der Waals surface area (Å²) in [4.78, 5) is 6.70. The zero-order chi connectivity index (χ0) is 12.6. The Kier molecular flexibility index (Phi) is 2.62. The number of rotatable bonds is 2. The summed E-state index contributed by atoms with van der Waals surface area (Å²) < 4.78 is 0. The Morgan fingerprint density at radius 2 is 2.28 bits per heavy atom. The topological polar surface area (TPSA) is 41.6 Å². The largest absolute Gasteiger partial charge is 0.370 e. The van der Waals surface area contributed by atoms with Crippen molar-refractivity contribution in [3.05, 3.63) is 48.0 Å². The van der Waals surface area contributed by atoms with Gasteiger partial charge in [0.25, 0.3) is 0 Å². The first-order chi connectivity index (χ1) is 8.78. The van der Waals surface area contributed by atoms with Gasteiger partial charge in [0.1, 0.15) is 0 Å². The fourth-order valence-electron chi connectivity index (χ4n) is 3.34. The third-order valence-corrected chi connectivity index (χ3v) is 4.16. The average Bonchev–Trinajstić information content (AvgIpc) is 2.70. The summed E-state index contributed by atoms with van der Waals surface area (Å²) in [6.45, 7) is 5.39. The van der Waals surface area contributed by atoms with E-state index in [4.69, 9.17) is 5.73 Å². The maximum Gasteiger partial charge on any atom is 0.192 e. The second-order valence-electron chi connectivity index (χ2n) is 5.12. The van der Waals surface area contributed by atoms with Crippen LogP contribution in [0, 0.1) is 0 Å². The van der Waals surface area contributed by atoms with E-state index in [0.717, 1.165) is 19.5 Å². The van der Waals surface area contributed by atoms with Crippen molar-refractivity contribution in [2.24, 2.45) is 10.7 Å². The van der Waals surface area contributed by atoms with E-state index in [1.807, 2.05) is 6.08 Å². The number of nitrogens with zero attached hydrogens (tertiary/aromatic N) is 2. The highest BCUT2D eigenvalue weighted by Gasteiger charge is 2.45. The standard InChI is InChI=1S/C15H19N3/c1-2-10-18-14(16)17-11-15(18)9-5-7-12-6-3-4-8-13(12)15/h2-4,6,8H,1,5,7,9-11H2,(H2,16,17). The lowest BCUT2D eigenvalue weighted by atomic mass is 9.76. The van der Waals surface area contributed by atoms with E-state index in [1.165, 1.54) is 24.0 Å². The molecule has 0 saturated heterocycles. The Balaban J connectivity index is 2.09. The van der Waals surface area contributed by atoms with E-state index in [-0.39, 0.29) is 5.54 Å². The van der Waals surface area contributed by atoms with Crippen molar-refractivity contribution in [1.29, 1.82) is 0 Å². The molecule has 1 heterocycles. The van der Waals surface area contributed by atoms with Crippen LogP contribution in [0.5, 0.6) is 0 Å². The van der Waals surface area contributed by atoms with Crippen LogP contribution >= 0.6 is 0 Å². The summed E-state index contributed by atoms with van der Waals surface area (Å²) in [7, 11) is 0. The first-order valence-electron chi connectivity index (χ1n) is 6.55. The van der Waals surface area contributed by atoms with Crippen molar-refractivity contribution < 1.29 is 0 Å². The Morgan fingerprint density at radius 3 is 3.11 bits per heavy atom. The number of aliphatic imine (C=N–C) groups is 1. The van der Waals surface area contributed by atoms with Crippen molar-refractivity contribution in [1.82, 2.24) is 4.90 Å². The van der Waals surface area contributed by atoms with Gasteiger partial charge in [0, 0.05) is 6.54 Å². The maximum atomic E-state index is 6.06. The van der Waals surface area contributed by atoms with Gasteiger partial charge >= 0.3 is 0 Å². The highest BCUT2D eigenvalue weighted by atomic mass is 15.4. The number of hydrogen-bond donors (Lipinski definition) is 1. The lowest BCUT2D eigenvalue weighted by Gasteiger charge is -2.43. The predicted octanol–water partition coefficient (Wildman–Crippen LogP) is 2.03. The lowest BCUT2D eigenvalue weighted by Crippen LogP contribution is -2.51. The van der Waals surface area contributed by atoms with Crippen LogP contribution in [0.25, 0.3) is 0 Å². The number of guanidine groups is 1. The first kappa shape index (κ1) is 11.3. The zero-order valence-corrected chi connectivity index (χ0v) is 10.6. The second-order valence-corrected chi connectivity index (χ2v) is 5.12. The lowest BCUT2D eigenvalue weighted by molar-refractivity contribution is 0.187. The van der Waals surface area contributed by atoms with E-state index in [0.29, 0.717) is 5.96 Å². The molecule has 1 spiro atoms. The second kappa shape index (κ2) is 4.16. The molecule has 2 aliphatic rings. The third-order valence-electron chi connectivity index (χ3n) is 4.16. The van der Waals surface area contributed by atoms with Crippen molar-refractivity contribution in [2.45, 2.75) is 24.8 Å². The Labute approximate surface area is 108 Å². The fraction of sp³-hybridized carbons (Fsp3) is 0.400. The molecule has 0 aromatic heterocycles. The Bertz CT molecular complexity index is 506. The molecule has 0 fully saturated rings. The average molecular weight is 241 g/mol. The molecule has 0 bridgehead atoms. The molecule has 0 amide bonds. The van der Waals surface area contributed by atoms with Crippen LogP contribution in [0.4, 0.5) is 0 Å². The van der Waals surface area contributed by atoms with Gasteiger partial charge in [-0.2, -0.15) is 0 Å². The van der Waals surface area contributed by atoms with Crippen molar-refractivity contribution >= 4 is 5.96 Å².